The van der Waals surface area contributed by atoms with Crippen LogP contribution >= 0.6 is 0 Å². The van der Waals surface area contributed by atoms with E-state index in [0.717, 1.165) is 0 Å². The molecule has 6 nitrogen and oxygen atoms in total. The van der Waals surface area contributed by atoms with Crippen LogP contribution in [0.15, 0.2) is 0 Å². The third-order valence-corrected chi connectivity index (χ3v) is 0.506. The topological polar surface area (TPSA) is 101 Å². The monoisotopic (exact) mass is 297 g/mol. The molecule has 7 heteroatoms. The van der Waals surface area contributed by atoms with Crippen LogP contribution in [0.5, 0.6) is 0 Å². The SMILES string of the molecule is C.CCC(=O)O.CCO[C-]=O.O=[C-]O.[Y]. The molecular formula is C8H16O6Y-2. The zero-order valence-corrected chi connectivity index (χ0v) is 10.9. The Bertz CT molecular complexity index is 128. The molecule has 15 heavy (non-hydrogen) atoms. The predicted octanol–water partition coefficient (Wildman–Crippen LogP) is 0.816. The van der Waals surface area contributed by atoms with Crippen LogP contribution in [-0.2, 0) is 51.8 Å². The first kappa shape index (κ1) is 29.3. The molecule has 0 aromatic heterocycles. The van der Waals surface area contributed by atoms with Crippen molar-refractivity contribution in [2.24, 2.45) is 0 Å². The summed E-state index contributed by atoms with van der Waals surface area (Å²) in [5, 5.41) is 14.5. The van der Waals surface area contributed by atoms with Crippen molar-refractivity contribution in [3.8, 4) is 0 Å². The molecule has 1 radical (unpaired) electrons. The molecule has 0 unspecified atom stereocenters. The molecule has 0 heterocycles. The average molecular weight is 297 g/mol. The Morgan fingerprint density at radius 1 is 1.33 bits per heavy atom. The van der Waals surface area contributed by atoms with Gasteiger partial charge in [0.15, 0.2) is 0 Å². The average Bonchev–Trinajstić information content (AvgIpc) is 2.08. The first-order valence-electron chi connectivity index (χ1n) is 3.32. The van der Waals surface area contributed by atoms with Crippen molar-refractivity contribution < 1.29 is 62.0 Å². The van der Waals surface area contributed by atoms with Gasteiger partial charge in [-0.15, -0.1) is 0 Å². The molecule has 0 atom stereocenters. The normalized spacial score (nSPS) is 5.47. The van der Waals surface area contributed by atoms with E-state index in [-0.39, 0.29) is 46.6 Å². The van der Waals surface area contributed by atoms with E-state index in [9.17, 15) is 4.79 Å². The molecule has 2 N–H and O–H groups in total. The fourth-order valence-electron chi connectivity index (χ4n) is 0.0589. The Kier molecular flexibility index (Phi) is 73.2. The van der Waals surface area contributed by atoms with Crippen LogP contribution in [0.1, 0.15) is 27.7 Å². The summed E-state index contributed by atoms with van der Waals surface area (Å²) in [6.45, 7) is 5.51. The zero-order chi connectivity index (χ0) is 11.1. The quantitative estimate of drug-likeness (QED) is 0.748. The molecular weight excluding hydrogens is 281 g/mol. The van der Waals surface area contributed by atoms with Gasteiger partial charge in [-0.05, 0) is 6.92 Å². The molecule has 0 aliphatic heterocycles. The number of ether oxygens (including phenoxy) is 1. The van der Waals surface area contributed by atoms with E-state index in [1.807, 2.05) is 0 Å². The predicted molar refractivity (Wildman–Crippen MR) is 50.3 cm³/mol. The number of carboxylic acid groups (broad SMARTS) is 1. The van der Waals surface area contributed by atoms with E-state index in [0.29, 0.717) is 13.1 Å². The molecule has 0 amide bonds. The van der Waals surface area contributed by atoms with Crippen molar-refractivity contribution in [2.45, 2.75) is 27.7 Å². The molecule has 89 valence electrons. The van der Waals surface area contributed by atoms with Gasteiger partial charge in [0, 0.05) is 45.7 Å². The number of carbonyl (C=O) groups is 1. The summed E-state index contributed by atoms with van der Waals surface area (Å²) in [5.74, 6) is -0.745. The van der Waals surface area contributed by atoms with Gasteiger partial charge >= 0.3 is 5.97 Å². The Balaban J connectivity index is -0.0000000322. The number of carboxylic acids is 1. The van der Waals surface area contributed by atoms with Gasteiger partial charge in [-0.1, -0.05) is 27.3 Å². The van der Waals surface area contributed by atoms with E-state index in [4.69, 9.17) is 19.8 Å². The molecule has 0 aliphatic rings. The number of hydrogen-bond donors (Lipinski definition) is 2. The Hall–Kier alpha value is -0.486. The summed E-state index contributed by atoms with van der Waals surface area (Å²) in [5.41, 5.74) is 0. The van der Waals surface area contributed by atoms with Gasteiger partial charge in [-0.25, -0.2) is 0 Å². The standard InChI is InChI=1S/C3H5O2.C3H6O2.CHO2.CH4.Y/c1-2-5-3-4;1-2-3(4)5;2-1-3;;/h2H2,1H3;2H2,1H3,(H,4,5);(H,2,3);1H4;/q-1;;-1;;. The maximum absolute atomic E-state index is 9.37. The maximum atomic E-state index is 9.37. The maximum Gasteiger partial charge on any atom is 0.303 e. The van der Waals surface area contributed by atoms with Crippen LogP contribution in [0.25, 0.3) is 0 Å². The molecule has 0 aromatic rings. The summed E-state index contributed by atoms with van der Waals surface area (Å²) in [6.07, 6.45) is 0.222. The third kappa shape index (κ3) is 145. The van der Waals surface area contributed by atoms with Gasteiger partial charge in [0.05, 0.1) is 0 Å². The van der Waals surface area contributed by atoms with E-state index in [1.165, 1.54) is 6.47 Å². The molecule has 0 saturated carbocycles. The van der Waals surface area contributed by atoms with Gasteiger partial charge in [-0.3, -0.25) is 4.79 Å². The number of hydrogen-bond acceptors (Lipinski definition) is 4. The van der Waals surface area contributed by atoms with Crippen molar-refractivity contribution in [1.29, 1.82) is 0 Å². The molecule has 0 aromatic carbocycles. The van der Waals surface area contributed by atoms with Crippen molar-refractivity contribution in [1.82, 2.24) is 0 Å². The summed E-state index contributed by atoms with van der Waals surface area (Å²) >= 11 is 0. The zero-order valence-electron chi connectivity index (χ0n) is 8.02. The van der Waals surface area contributed by atoms with Gasteiger partial charge < -0.3 is 24.5 Å². The van der Waals surface area contributed by atoms with Gasteiger partial charge in [0.2, 0.25) is 0 Å². The second kappa shape index (κ2) is 37.5. The first-order valence-corrected chi connectivity index (χ1v) is 3.32. The van der Waals surface area contributed by atoms with E-state index < -0.39 is 5.97 Å². The molecule has 0 fully saturated rings. The first-order chi connectivity index (χ1) is 6.10. The summed E-state index contributed by atoms with van der Waals surface area (Å²) in [6, 6.07) is 0. The second-order valence-electron chi connectivity index (χ2n) is 1.35. The van der Waals surface area contributed by atoms with Crippen molar-refractivity contribution in [2.75, 3.05) is 6.61 Å². The van der Waals surface area contributed by atoms with Crippen molar-refractivity contribution in [3.05, 3.63) is 0 Å². The summed E-state index contributed by atoms with van der Waals surface area (Å²) in [4.78, 5) is 26.7. The summed E-state index contributed by atoms with van der Waals surface area (Å²) < 4.78 is 4.03. The van der Waals surface area contributed by atoms with Crippen LogP contribution in [0.2, 0.25) is 0 Å². The smallest absolute Gasteiger partial charge is 0.303 e. The van der Waals surface area contributed by atoms with Crippen LogP contribution in [0.4, 0.5) is 0 Å². The van der Waals surface area contributed by atoms with Crippen molar-refractivity contribution in [3.63, 3.8) is 0 Å². The number of aliphatic carboxylic acids is 1. The Labute approximate surface area is 115 Å². The van der Waals surface area contributed by atoms with Crippen LogP contribution in [0, 0.1) is 0 Å². The van der Waals surface area contributed by atoms with Crippen LogP contribution in [0.3, 0.4) is 0 Å². The van der Waals surface area contributed by atoms with Gasteiger partial charge in [-0.2, -0.15) is 0 Å². The fourth-order valence-corrected chi connectivity index (χ4v) is 0.0589. The molecule has 0 aliphatic carbocycles. The molecule has 0 spiro atoms. The van der Waals surface area contributed by atoms with Crippen molar-refractivity contribution >= 4 is 18.9 Å². The van der Waals surface area contributed by atoms with E-state index in [2.05, 4.69) is 4.74 Å². The summed E-state index contributed by atoms with van der Waals surface area (Å²) in [7, 11) is 0. The van der Waals surface area contributed by atoms with E-state index >= 15 is 0 Å². The minimum Gasteiger partial charge on any atom is -0.665 e. The van der Waals surface area contributed by atoms with E-state index in [1.54, 1.807) is 13.8 Å². The fraction of sp³-hybridized carbons (Fsp3) is 0.625. The minimum absolute atomic E-state index is 0. The largest absolute Gasteiger partial charge is 0.665 e. The molecule has 0 rings (SSSR count). The molecule has 0 saturated heterocycles. The molecule has 0 bridgehead atoms. The number of carbonyl (C=O) groups excluding carboxylic acids is 1. The van der Waals surface area contributed by atoms with Gasteiger partial charge in [0.25, 0.3) is 0 Å². The van der Waals surface area contributed by atoms with Crippen LogP contribution < -0.4 is 0 Å². The number of rotatable bonds is 3. The minimum atomic E-state index is -0.745. The Morgan fingerprint density at radius 3 is 1.60 bits per heavy atom. The second-order valence-corrected chi connectivity index (χ2v) is 1.35. The third-order valence-electron chi connectivity index (χ3n) is 0.506. The van der Waals surface area contributed by atoms with Gasteiger partial charge in [0.1, 0.15) is 0 Å². The van der Waals surface area contributed by atoms with Crippen LogP contribution in [-0.4, -0.2) is 35.7 Å². The Morgan fingerprint density at radius 2 is 1.60 bits per heavy atom. The number of aliphatic hydroxyl groups excluding tert-OH is 1.